The quantitative estimate of drug-likeness (QED) is 0.824. The van der Waals surface area contributed by atoms with Gasteiger partial charge in [-0.2, -0.15) is 5.10 Å². The normalized spacial score (nSPS) is 15.2. The summed E-state index contributed by atoms with van der Waals surface area (Å²) < 4.78 is 2.13. The van der Waals surface area contributed by atoms with Crippen molar-refractivity contribution in [2.45, 2.75) is 47.6 Å². The first kappa shape index (κ1) is 14.2. The maximum absolute atomic E-state index is 4.53. The fourth-order valence-corrected chi connectivity index (χ4v) is 2.30. The highest BCUT2D eigenvalue weighted by molar-refractivity contribution is 5.11. The summed E-state index contributed by atoms with van der Waals surface area (Å²) in [6.07, 6.45) is 1.08. The van der Waals surface area contributed by atoms with Crippen molar-refractivity contribution >= 4 is 0 Å². The van der Waals surface area contributed by atoms with Crippen LogP contribution < -0.4 is 5.32 Å². The molecule has 98 valence electrons. The Morgan fingerprint density at radius 2 is 2.12 bits per heavy atom. The van der Waals surface area contributed by atoms with Crippen LogP contribution in [0.3, 0.4) is 0 Å². The second-order valence-electron chi connectivity index (χ2n) is 5.61. The Labute approximate surface area is 106 Å². The van der Waals surface area contributed by atoms with Crippen LogP contribution in [0.25, 0.3) is 0 Å². The molecule has 1 rings (SSSR count). The van der Waals surface area contributed by atoms with Crippen molar-refractivity contribution < 1.29 is 0 Å². The minimum atomic E-state index is 0.286. The maximum atomic E-state index is 4.53. The van der Waals surface area contributed by atoms with Gasteiger partial charge >= 0.3 is 0 Å². The number of hydrogen-bond donors (Lipinski definition) is 1. The summed E-state index contributed by atoms with van der Waals surface area (Å²) in [6, 6.07) is 2.22. The number of hydrogen-bond acceptors (Lipinski definition) is 2. The van der Waals surface area contributed by atoms with E-state index in [4.69, 9.17) is 0 Å². The highest BCUT2D eigenvalue weighted by Crippen LogP contribution is 2.30. The molecular formula is C14H27N3. The summed E-state index contributed by atoms with van der Waals surface area (Å²) in [6.45, 7) is 13.2. The average molecular weight is 237 g/mol. The molecule has 1 heterocycles. The van der Waals surface area contributed by atoms with Gasteiger partial charge in [0.15, 0.2) is 0 Å². The van der Waals surface area contributed by atoms with Crippen molar-refractivity contribution in [2.75, 3.05) is 13.6 Å². The van der Waals surface area contributed by atoms with Gasteiger partial charge in [-0.1, -0.05) is 20.8 Å². The third kappa shape index (κ3) is 3.32. The fourth-order valence-electron chi connectivity index (χ4n) is 2.30. The van der Waals surface area contributed by atoms with Gasteiger partial charge in [-0.25, -0.2) is 0 Å². The van der Waals surface area contributed by atoms with Gasteiger partial charge < -0.3 is 5.32 Å². The van der Waals surface area contributed by atoms with E-state index in [1.54, 1.807) is 0 Å². The highest BCUT2D eigenvalue weighted by atomic mass is 15.3. The van der Waals surface area contributed by atoms with Crippen molar-refractivity contribution in [3.63, 3.8) is 0 Å². The lowest BCUT2D eigenvalue weighted by atomic mass is 9.75. The van der Waals surface area contributed by atoms with Crippen molar-refractivity contribution in [3.8, 4) is 0 Å². The van der Waals surface area contributed by atoms with E-state index < -0.39 is 0 Å². The average Bonchev–Trinajstić information content (AvgIpc) is 2.58. The molecule has 0 aromatic carbocycles. The topological polar surface area (TPSA) is 29.9 Å². The molecule has 0 radical (unpaired) electrons. The minimum Gasteiger partial charge on any atom is -0.319 e. The zero-order valence-corrected chi connectivity index (χ0v) is 12.2. The molecule has 17 heavy (non-hydrogen) atoms. The number of aromatic nitrogens is 2. The summed E-state index contributed by atoms with van der Waals surface area (Å²) in [5.74, 6) is 0.649. The zero-order chi connectivity index (χ0) is 13.1. The standard InChI is InChI=1S/C14H27N3/c1-7-17-13(8-12(4)16-17)9-14(5,10-15-6)11(2)3/h8,11,15H,7,9-10H2,1-6H3. The Kier molecular flexibility index (Phi) is 4.75. The first-order chi connectivity index (χ1) is 7.92. The Hall–Kier alpha value is -0.830. The fraction of sp³-hybridized carbons (Fsp3) is 0.786. The third-order valence-corrected chi connectivity index (χ3v) is 3.84. The maximum Gasteiger partial charge on any atom is 0.0596 e. The van der Waals surface area contributed by atoms with Gasteiger partial charge in [0.1, 0.15) is 0 Å². The molecule has 0 fully saturated rings. The second kappa shape index (κ2) is 5.67. The first-order valence-electron chi connectivity index (χ1n) is 6.61. The van der Waals surface area contributed by atoms with E-state index in [9.17, 15) is 0 Å². The Morgan fingerprint density at radius 3 is 2.59 bits per heavy atom. The predicted octanol–water partition coefficient (Wildman–Crippen LogP) is 2.64. The second-order valence-corrected chi connectivity index (χ2v) is 5.61. The lowest BCUT2D eigenvalue weighted by Crippen LogP contribution is -2.37. The molecular weight excluding hydrogens is 210 g/mol. The molecule has 1 aromatic heterocycles. The van der Waals surface area contributed by atoms with Crippen LogP contribution in [0.2, 0.25) is 0 Å². The molecule has 1 unspecified atom stereocenters. The van der Waals surface area contributed by atoms with Crippen LogP contribution in [-0.4, -0.2) is 23.4 Å². The van der Waals surface area contributed by atoms with Gasteiger partial charge in [0.2, 0.25) is 0 Å². The molecule has 0 aliphatic rings. The molecule has 1 N–H and O–H groups in total. The van der Waals surface area contributed by atoms with Gasteiger partial charge in [0.25, 0.3) is 0 Å². The molecule has 0 amide bonds. The van der Waals surface area contributed by atoms with Gasteiger partial charge in [-0.3, -0.25) is 4.68 Å². The molecule has 3 heteroatoms. The monoisotopic (exact) mass is 237 g/mol. The van der Waals surface area contributed by atoms with Crippen LogP contribution in [0.5, 0.6) is 0 Å². The van der Waals surface area contributed by atoms with E-state index in [2.05, 4.69) is 55.8 Å². The number of nitrogens with one attached hydrogen (secondary N) is 1. The number of rotatable bonds is 6. The summed E-state index contributed by atoms with van der Waals surface area (Å²) in [7, 11) is 2.03. The number of aryl methyl sites for hydroxylation is 2. The van der Waals surface area contributed by atoms with Crippen LogP contribution in [0.1, 0.15) is 39.1 Å². The lowest BCUT2D eigenvalue weighted by Gasteiger charge is -2.33. The van der Waals surface area contributed by atoms with Crippen LogP contribution in [-0.2, 0) is 13.0 Å². The smallest absolute Gasteiger partial charge is 0.0596 e. The molecule has 0 aliphatic carbocycles. The lowest BCUT2D eigenvalue weighted by molar-refractivity contribution is 0.207. The Bertz CT molecular complexity index is 354. The molecule has 0 spiro atoms. The molecule has 3 nitrogen and oxygen atoms in total. The molecule has 0 saturated heterocycles. The molecule has 1 aromatic rings. The summed E-state index contributed by atoms with van der Waals surface area (Å²) >= 11 is 0. The predicted molar refractivity (Wildman–Crippen MR) is 73.2 cm³/mol. The summed E-state index contributed by atoms with van der Waals surface area (Å²) in [5.41, 5.74) is 2.77. The minimum absolute atomic E-state index is 0.286. The molecule has 0 saturated carbocycles. The van der Waals surface area contributed by atoms with E-state index in [0.717, 1.165) is 25.2 Å². The van der Waals surface area contributed by atoms with Crippen LogP contribution in [0.4, 0.5) is 0 Å². The Morgan fingerprint density at radius 1 is 1.47 bits per heavy atom. The van der Waals surface area contributed by atoms with Gasteiger partial charge in [-0.15, -0.1) is 0 Å². The van der Waals surface area contributed by atoms with Crippen LogP contribution in [0.15, 0.2) is 6.07 Å². The summed E-state index contributed by atoms with van der Waals surface area (Å²) in [5, 5.41) is 7.85. The first-order valence-corrected chi connectivity index (χ1v) is 6.61. The zero-order valence-electron chi connectivity index (χ0n) is 12.2. The molecule has 0 aliphatic heterocycles. The third-order valence-electron chi connectivity index (χ3n) is 3.84. The van der Waals surface area contributed by atoms with E-state index in [1.807, 2.05) is 7.05 Å². The molecule has 0 bridgehead atoms. The van der Waals surface area contributed by atoms with E-state index in [0.29, 0.717) is 5.92 Å². The van der Waals surface area contributed by atoms with Crippen LogP contribution in [0, 0.1) is 18.3 Å². The SMILES string of the molecule is CCn1nc(C)cc1CC(C)(CNC)C(C)C. The largest absolute Gasteiger partial charge is 0.319 e. The molecule has 1 atom stereocenters. The van der Waals surface area contributed by atoms with Gasteiger partial charge in [0.05, 0.1) is 5.69 Å². The van der Waals surface area contributed by atoms with Crippen molar-refractivity contribution in [2.24, 2.45) is 11.3 Å². The highest BCUT2D eigenvalue weighted by Gasteiger charge is 2.29. The van der Waals surface area contributed by atoms with E-state index in [-0.39, 0.29) is 5.41 Å². The van der Waals surface area contributed by atoms with Gasteiger partial charge in [-0.05, 0) is 44.7 Å². The van der Waals surface area contributed by atoms with Crippen LogP contribution >= 0.6 is 0 Å². The van der Waals surface area contributed by atoms with E-state index >= 15 is 0 Å². The van der Waals surface area contributed by atoms with E-state index in [1.165, 1.54) is 5.69 Å². The Balaban J connectivity index is 2.92. The van der Waals surface area contributed by atoms with Crippen molar-refractivity contribution in [1.82, 2.24) is 15.1 Å². The summed E-state index contributed by atoms with van der Waals surface area (Å²) in [4.78, 5) is 0. The van der Waals surface area contributed by atoms with Crippen molar-refractivity contribution in [3.05, 3.63) is 17.5 Å². The van der Waals surface area contributed by atoms with Crippen molar-refractivity contribution in [1.29, 1.82) is 0 Å². The number of nitrogens with zero attached hydrogens (tertiary/aromatic N) is 2. The van der Waals surface area contributed by atoms with Gasteiger partial charge in [0, 0.05) is 18.8 Å².